The van der Waals surface area contributed by atoms with E-state index in [1.165, 1.54) is 12.1 Å². The SMILES string of the molecule is COc1cc2c(cc1N1CC[C@@H](C(=O)NCc3ccc(F)cc3)C1=O)oc1ccccc12. The first kappa shape index (κ1) is 20.1. The van der Waals surface area contributed by atoms with Gasteiger partial charge in [-0.2, -0.15) is 0 Å². The number of carbonyl (C=O) groups excluding carboxylic acids is 2. The predicted octanol–water partition coefficient (Wildman–Crippen LogP) is 4.40. The average Bonchev–Trinajstić information content (AvgIpc) is 3.37. The third-order valence-corrected chi connectivity index (χ3v) is 5.87. The standard InChI is InChI=1S/C25H21FN2O4/c1-31-23-12-19-17-4-2-3-5-21(17)32-22(19)13-20(23)28-11-10-18(25(28)30)24(29)27-14-15-6-8-16(26)9-7-15/h2-9,12-13,18H,10-11,14H2,1H3,(H,27,29)/t18-/m0/s1. The monoisotopic (exact) mass is 432 g/mol. The molecule has 0 unspecified atom stereocenters. The smallest absolute Gasteiger partial charge is 0.239 e. The molecule has 0 radical (unpaired) electrons. The van der Waals surface area contributed by atoms with Crippen LogP contribution < -0.4 is 15.0 Å². The van der Waals surface area contributed by atoms with Crippen LogP contribution >= 0.6 is 0 Å². The second-order valence-corrected chi connectivity index (χ2v) is 7.79. The molecule has 32 heavy (non-hydrogen) atoms. The molecule has 1 saturated heterocycles. The van der Waals surface area contributed by atoms with E-state index in [4.69, 9.17) is 9.15 Å². The highest BCUT2D eigenvalue weighted by molar-refractivity contribution is 6.12. The zero-order chi connectivity index (χ0) is 22.2. The molecular weight excluding hydrogens is 411 g/mol. The molecule has 1 fully saturated rings. The van der Waals surface area contributed by atoms with E-state index in [2.05, 4.69) is 5.32 Å². The number of hydrogen-bond donors (Lipinski definition) is 1. The van der Waals surface area contributed by atoms with Gasteiger partial charge in [-0.05, 0) is 36.2 Å². The number of halogens is 1. The summed E-state index contributed by atoms with van der Waals surface area (Å²) in [5, 5.41) is 4.65. The number of hydrogen-bond acceptors (Lipinski definition) is 4. The van der Waals surface area contributed by atoms with Crippen molar-refractivity contribution in [2.45, 2.75) is 13.0 Å². The number of amides is 2. The van der Waals surface area contributed by atoms with Crippen molar-refractivity contribution in [3.05, 3.63) is 72.0 Å². The van der Waals surface area contributed by atoms with Crippen LogP contribution in [0.5, 0.6) is 5.75 Å². The summed E-state index contributed by atoms with van der Waals surface area (Å²) in [6.45, 7) is 0.632. The number of methoxy groups -OCH3 is 1. The Kier molecular flexibility index (Phi) is 5.01. The summed E-state index contributed by atoms with van der Waals surface area (Å²) >= 11 is 0. The summed E-state index contributed by atoms with van der Waals surface area (Å²) in [4.78, 5) is 27.4. The molecule has 4 aromatic rings. The average molecular weight is 432 g/mol. The van der Waals surface area contributed by atoms with Crippen molar-refractivity contribution in [2.75, 3.05) is 18.6 Å². The van der Waals surface area contributed by atoms with Crippen molar-refractivity contribution in [2.24, 2.45) is 5.92 Å². The van der Waals surface area contributed by atoms with Crippen LogP contribution in [0.4, 0.5) is 10.1 Å². The molecule has 0 spiro atoms. The van der Waals surface area contributed by atoms with Crippen LogP contribution in [0.2, 0.25) is 0 Å². The van der Waals surface area contributed by atoms with Gasteiger partial charge < -0.3 is 19.4 Å². The molecule has 0 bridgehead atoms. The van der Waals surface area contributed by atoms with Gasteiger partial charge in [-0.15, -0.1) is 0 Å². The van der Waals surface area contributed by atoms with Crippen molar-refractivity contribution in [3.63, 3.8) is 0 Å². The zero-order valence-corrected chi connectivity index (χ0v) is 17.4. The summed E-state index contributed by atoms with van der Waals surface area (Å²) in [7, 11) is 1.56. The molecule has 6 nitrogen and oxygen atoms in total. The van der Waals surface area contributed by atoms with E-state index in [1.807, 2.05) is 30.3 Å². The van der Waals surface area contributed by atoms with Crippen molar-refractivity contribution < 1.29 is 23.1 Å². The van der Waals surface area contributed by atoms with Gasteiger partial charge in [0.25, 0.3) is 0 Å². The summed E-state index contributed by atoms with van der Waals surface area (Å²) in [5.41, 5.74) is 2.75. The molecule has 1 N–H and O–H groups in total. The number of nitrogens with zero attached hydrogens (tertiary/aromatic N) is 1. The van der Waals surface area contributed by atoms with E-state index in [9.17, 15) is 14.0 Å². The Balaban J connectivity index is 1.38. The molecule has 1 atom stereocenters. The van der Waals surface area contributed by atoms with Crippen molar-refractivity contribution in [1.82, 2.24) is 5.32 Å². The third kappa shape index (κ3) is 3.45. The topological polar surface area (TPSA) is 71.8 Å². The molecule has 2 amide bonds. The van der Waals surface area contributed by atoms with Crippen LogP contribution in [0, 0.1) is 11.7 Å². The number of benzene rings is 3. The molecule has 2 heterocycles. The van der Waals surface area contributed by atoms with Crippen LogP contribution in [-0.4, -0.2) is 25.5 Å². The highest BCUT2D eigenvalue weighted by Crippen LogP contribution is 2.40. The van der Waals surface area contributed by atoms with Gasteiger partial charge in [-0.25, -0.2) is 4.39 Å². The number of anilines is 1. The normalized spacial score (nSPS) is 16.1. The number of nitrogens with one attached hydrogen (secondary N) is 1. The van der Waals surface area contributed by atoms with Crippen molar-refractivity contribution in [3.8, 4) is 5.75 Å². The summed E-state index contributed by atoms with van der Waals surface area (Å²) in [6, 6.07) is 17.3. The fourth-order valence-electron chi connectivity index (χ4n) is 4.19. The minimum absolute atomic E-state index is 0.233. The quantitative estimate of drug-likeness (QED) is 0.475. The number of ether oxygens (including phenoxy) is 1. The Labute approximate surface area is 183 Å². The maximum absolute atomic E-state index is 13.1. The van der Waals surface area contributed by atoms with Crippen LogP contribution in [0.1, 0.15) is 12.0 Å². The van der Waals surface area contributed by atoms with E-state index in [-0.39, 0.29) is 24.2 Å². The Bertz CT molecular complexity index is 1330. The molecule has 0 aliphatic carbocycles. The van der Waals surface area contributed by atoms with Crippen molar-refractivity contribution in [1.29, 1.82) is 0 Å². The lowest BCUT2D eigenvalue weighted by Crippen LogP contribution is -2.36. The summed E-state index contributed by atoms with van der Waals surface area (Å²) in [6.07, 6.45) is 0.398. The number of furan rings is 1. The Hall–Kier alpha value is -3.87. The summed E-state index contributed by atoms with van der Waals surface area (Å²) < 4.78 is 24.6. The third-order valence-electron chi connectivity index (χ3n) is 5.87. The van der Waals surface area contributed by atoms with Gasteiger partial charge in [-0.1, -0.05) is 30.3 Å². The second kappa shape index (κ2) is 8.00. The van der Waals surface area contributed by atoms with Gasteiger partial charge in [-0.3, -0.25) is 9.59 Å². The molecular formula is C25H21FN2O4. The minimum Gasteiger partial charge on any atom is -0.495 e. The first-order valence-corrected chi connectivity index (χ1v) is 10.4. The van der Waals surface area contributed by atoms with Crippen LogP contribution in [0.3, 0.4) is 0 Å². The Morgan fingerprint density at radius 3 is 2.69 bits per heavy atom. The highest BCUT2D eigenvalue weighted by Gasteiger charge is 2.38. The molecule has 5 rings (SSSR count). The molecule has 3 aromatic carbocycles. The molecule has 1 aliphatic heterocycles. The first-order chi connectivity index (χ1) is 15.5. The van der Waals surface area contributed by atoms with Gasteiger partial charge in [0.1, 0.15) is 28.7 Å². The fraction of sp³-hybridized carbons (Fsp3) is 0.200. The first-order valence-electron chi connectivity index (χ1n) is 10.4. The number of para-hydroxylation sites is 1. The highest BCUT2D eigenvalue weighted by atomic mass is 19.1. The maximum atomic E-state index is 13.1. The number of rotatable bonds is 5. The largest absolute Gasteiger partial charge is 0.495 e. The van der Waals surface area contributed by atoms with Gasteiger partial charge >= 0.3 is 0 Å². The lowest BCUT2D eigenvalue weighted by atomic mass is 10.1. The number of carbonyl (C=O) groups is 2. The van der Waals surface area contributed by atoms with Crippen molar-refractivity contribution >= 4 is 39.4 Å². The molecule has 0 saturated carbocycles. The molecule has 162 valence electrons. The lowest BCUT2D eigenvalue weighted by Gasteiger charge is -2.19. The van der Waals surface area contributed by atoms with Crippen LogP contribution in [0.25, 0.3) is 21.9 Å². The van der Waals surface area contributed by atoms with Gasteiger partial charge in [0.2, 0.25) is 11.8 Å². The van der Waals surface area contributed by atoms with E-state index in [0.29, 0.717) is 30.0 Å². The second-order valence-electron chi connectivity index (χ2n) is 7.79. The lowest BCUT2D eigenvalue weighted by molar-refractivity contribution is -0.132. The molecule has 1 aliphatic rings. The summed E-state index contributed by atoms with van der Waals surface area (Å²) in [5.74, 6) is -1.20. The fourth-order valence-corrected chi connectivity index (χ4v) is 4.19. The van der Waals surface area contributed by atoms with E-state index < -0.39 is 5.92 Å². The van der Waals surface area contributed by atoms with Gasteiger partial charge in [0, 0.05) is 29.9 Å². The van der Waals surface area contributed by atoms with Crippen LogP contribution in [0.15, 0.2) is 65.1 Å². The zero-order valence-electron chi connectivity index (χ0n) is 17.4. The Morgan fingerprint density at radius 2 is 1.91 bits per heavy atom. The predicted molar refractivity (Wildman–Crippen MR) is 119 cm³/mol. The molecule has 1 aromatic heterocycles. The van der Waals surface area contributed by atoms with E-state index >= 15 is 0 Å². The maximum Gasteiger partial charge on any atom is 0.239 e. The van der Waals surface area contributed by atoms with E-state index in [0.717, 1.165) is 21.9 Å². The minimum atomic E-state index is -0.786. The molecule has 7 heteroatoms. The Morgan fingerprint density at radius 1 is 1.12 bits per heavy atom. The van der Waals surface area contributed by atoms with Gasteiger partial charge in [0.15, 0.2) is 0 Å². The van der Waals surface area contributed by atoms with Crippen LogP contribution in [-0.2, 0) is 16.1 Å². The van der Waals surface area contributed by atoms with E-state index in [1.54, 1.807) is 30.2 Å². The number of fused-ring (bicyclic) bond motifs is 3. The van der Waals surface area contributed by atoms with Gasteiger partial charge in [0.05, 0.1) is 12.8 Å².